The number of hydrogen-bond donors (Lipinski definition) is 1. The Balaban J connectivity index is 1.82. The van der Waals surface area contributed by atoms with E-state index in [4.69, 9.17) is 0 Å². The summed E-state index contributed by atoms with van der Waals surface area (Å²) in [7, 11) is 0. The van der Waals surface area contributed by atoms with Crippen LogP contribution in [0.4, 0.5) is 0 Å². The van der Waals surface area contributed by atoms with E-state index in [1.165, 1.54) is 16.7 Å². The maximum atomic E-state index is 12.2. The molecule has 3 aliphatic carbocycles. The summed E-state index contributed by atoms with van der Waals surface area (Å²) in [6.45, 7) is 6.29. The third-order valence-corrected chi connectivity index (χ3v) is 5.86. The molecule has 0 aromatic carbocycles. The summed E-state index contributed by atoms with van der Waals surface area (Å²) in [4.78, 5) is 12.2. The van der Waals surface area contributed by atoms with E-state index in [1.54, 1.807) is 0 Å². The fourth-order valence-corrected chi connectivity index (χ4v) is 4.41. The molecule has 2 nitrogen and oxygen atoms in total. The van der Waals surface area contributed by atoms with Crippen LogP contribution in [0.15, 0.2) is 35.5 Å². The third kappa shape index (κ3) is 2.66. The fraction of sp³-hybridized carbons (Fsp3) is 0.632. The number of aliphatic hydroxyl groups is 1. The van der Waals surface area contributed by atoms with E-state index < -0.39 is 0 Å². The van der Waals surface area contributed by atoms with E-state index in [-0.39, 0.29) is 11.5 Å². The number of allylic oxidation sites excluding steroid dienone is 4. The second kappa shape index (κ2) is 5.57. The molecule has 0 heterocycles. The summed E-state index contributed by atoms with van der Waals surface area (Å²) in [5.74, 6) is 0.903. The second-order valence-electron chi connectivity index (χ2n) is 7.22. The quantitative estimate of drug-likeness (QED) is 0.787. The summed E-state index contributed by atoms with van der Waals surface area (Å²) in [6.07, 6.45) is 11.7. The molecule has 0 aromatic heterocycles. The summed E-state index contributed by atoms with van der Waals surface area (Å²) >= 11 is 0. The molecular weight excluding hydrogens is 260 g/mol. The Hall–Kier alpha value is -1.15. The minimum absolute atomic E-state index is 0.105. The number of ketones is 1. The predicted molar refractivity (Wildman–Crippen MR) is 84.9 cm³/mol. The van der Waals surface area contributed by atoms with Gasteiger partial charge in [0.25, 0.3) is 0 Å². The molecular formula is C19H26O2. The normalized spacial score (nSPS) is 40.9. The van der Waals surface area contributed by atoms with Gasteiger partial charge in [-0.15, -0.1) is 0 Å². The number of Topliss-reactive ketones (excluding diaryl/α,β-unsaturated/α-hetero) is 1. The molecule has 0 spiro atoms. The van der Waals surface area contributed by atoms with Crippen molar-refractivity contribution in [2.75, 3.05) is 0 Å². The summed E-state index contributed by atoms with van der Waals surface area (Å²) in [5, 5.41) is 9.81. The van der Waals surface area contributed by atoms with Crippen LogP contribution in [0.1, 0.15) is 58.3 Å². The highest BCUT2D eigenvalue weighted by atomic mass is 16.3. The molecule has 1 N–H and O–H groups in total. The average Bonchev–Trinajstić information content (AvgIpc) is 2.76. The molecule has 3 saturated carbocycles. The summed E-state index contributed by atoms with van der Waals surface area (Å²) < 4.78 is 0. The highest BCUT2D eigenvalue weighted by molar-refractivity contribution is 5.87. The van der Waals surface area contributed by atoms with Crippen LogP contribution in [-0.2, 0) is 4.79 Å². The lowest BCUT2D eigenvalue weighted by atomic mass is 9.66. The molecule has 3 fully saturated rings. The van der Waals surface area contributed by atoms with Crippen molar-refractivity contribution in [3.05, 3.63) is 35.5 Å². The first kappa shape index (κ1) is 14.8. The van der Waals surface area contributed by atoms with Gasteiger partial charge >= 0.3 is 0 Å². The Labute approximate surface area is 127 Å². The average molecular weight is 286 g/mol. The molecule has 0 radical (unpaired) electrons. The maximum absolute atomic E-state index is 12.2. The molecule has 3 aliphatic rings. The van der Waals surface area contributed by atoms with Crippen molar-refractivity contribution >= 4 is 5.78 Å². The summed E-state index contributed by atoms with van der Waals surface area (Å²) in [5.41, 5.74) is 3.69. The molecule has 0 bridgehead atoms. The first-order chi connectivity index (χ1) is 10.0. The van der Waals surface area contributed by atoms with Gasteiger partial charge in [-0.1, -0.05) is 36.8 Å². The Kier molecular flexibility index (Phi) is 3.92. The summed E-state index contributed by atoms with van der Waals surface area (Å²) in [6, 6.07) is 0. The number of fused-ring (bicyclic) bond motifs is 1. The Bertz CT molecular complexity index is 526. The molecule has 0 aromatic rings. The van der Waals surface area contributed by atoms with Crippen LogP contribution in [0.2, 0.25) is 0 Å². The molecule has 2 heteroatoms. The zero-order valence-corrected chi connectivity index (χ0v) is 13.0. The van der Waals surface area contributed by atoms with E-state index in [2.05, 4.69) is 25.7 Å². The Morgan fingerprint density at radius 3 is 2.86 bits per heavy atom. The lowest BCUT2D eigenvalue weighted by Gasteiger charge is -2.36. The van der Waals surface area contributed by atoms with Gasteiger partial charge in [-0.3, -0.25) is 4.79 Å². The van der Waals surface area contributed by atoms with E-state index >= 15 is 0 Å². The van der Waals surface area contributed by atoms with Gasteiger partial charge in [0, 0.05) is 11.8 Å². The van der Waals surface area contributed by atoms with Crippen molar-refractivity contribution in [3.63, 3.8) is 0 Å². The molecule has 0 amide bonds. The van der Waals surface area contributed by atoms with Crippen LogP contribution < -0.4 is 0 Å². The number of carbonyl (C=O) groups is 1. The Morgan fingerprint density at radius 2 is 2.05 bits per heavy atom. The fourth-order valence-electron chi connectivity index (χ4n) is 4.41. The smallest absolute Gasteiger partial charge is 0.139 e. The van der Waals surface area contributed by atoms with Crippen LogP contribution in [0.25, 0.3) is 0 Å². The van der Waals surface area contributed by atoms with Gasteiger partial charge < -0.3 is 5.11 Å². The third-order valence-electron chi connectivity index (χ3n) is 5.86. The highest BCUT2D eigenvalue weighted by Crippen LogP contribution is 2.52. The van der Waals surface area contributed by atoms with Crippen LogP contribution in [-0.4, -0.2) is 17.0 Å². The Morgan fingerprint density at radius 1 is 1.24 bits per heavy atom. The molecule has 0 saturated heterocycles. The van der Waals surface area contributed by atoms with Crippen molar-refractivity contribution in [3.8, 4) is 0 Å². The number of carbonyl (C=O) groups excluding carboxylic acids is 1. The van der Waals surface area contributed by atoms with E-state index in [9.17, 15) is 9.90 Å². The zero-order chi connectivity index (χ0) is 15.0. The standard InChI is InChI=1S/C19H26O2/c1-13-5-8-16(20)12-15(13)7-6-14-4-3-11-19(2)17(14)9-10-18(19)21/h6-7,16-17,20H,1,3-5,8-12H2,2H3/b14-6+,15-7-. The molecule has 3 unspecified atom stereocenters. The number of rotatable bonds is 1. The van der Waals surface area contributed by atoms with Crippen LogP contribution in [0, 0.1) is 11.3 Å². The minimum Gasteiger partial charge on any atom is -0.393 e. The van der Waals surface area contributed by atoms with Crippen molar-refractivity contribution in [2.45, 2.75) is 64.4 Å². The maximum Gasteiger partial charge on any atom is 0.139 e. The van der Waals surface area contributed by atoms with E-state index in [1.807, 2.05) is 0 Å². The molecule has 114 valence electrons. The molecule has 3 rings (SSSR count). The lowest BCUT2D eigenvalue weighted by molar-refractivity contribution is -0.126. The largest absolute Gasteiger partial charge is 0.393 e. The van der Waals surface area contributed by atoms with Gasteiger partial charge in [0.1, 0.15) is 5.78 Å². The van der Waals surface area contributed by atoms with Gasteiger partial charge in [-0.25, -0.2) is 0 Å². The monoisotopic (exact) mass is 286 g/mol. The van der Waals surface area contributed by atoms with Gasteiger partial charge in [-0.05, 0) is 56.4 Å². The van der Waals surface area contributed by atoms with Crippen molar-refractivity contribution in [1.29, 1.82) is 0 Å². The number of hydrogen-bond acceptors (Lipinski definition) is 2. The van der Waals surface area contributed by atoms with Crippen molar-refractivity contribution in [1.82, 2.24) is 0 Å². The van der Waals surface area contributed by atoms with Gasteiger partial charge in [0.15, 0.2) is 0 Å². The van der Waals surface area contributed by atoms with Crippen molar-refractivity contribution in [2.24, 2.45) is 11.3 Å². The highest BCUT2D eigenvalue weighted by Gasteiger charge is 2.48. The number of aliphatic hydroxyl groups excluding tert-OH is 1. The minimum atomic E-state index is -0.218. The molecule has 0 aliphatic heterocycles. The van der Waals surface area contributed by atoms with E-state index in [0.717, 1.165) is 51.4 Å². The lowest BCUT2D eigenvalue weighted by Crippen LogP contribution is -2.33. The van der Waals surface area contributed by atoms with Gasteiger partial charge in [0.05, 0.1) is 6.10 Å². The predicted octanol–water partition coefficient (Wildman–Crippen LogP) is 4.11. The van der Waals surface area contributed by atoms with Crippen molar-refractivity contribution < 1.29 is 9.90 Å². The van der Waals surface area contributed by atoms with Gasteiger partial charge in [0.2, 0.25) is 0 Å². The van der Waals surface area contributed by atoms with Gasteiger partial charge in [-0.2, -0.15) is 0 Å². The van der Waals surface area contributed by atoms with E-state index in [0.29, 0.717) is 11.7 Å². The molecule has 21 heavy (non-hydrogen) atoms. The first-order valence-corrected chi connectivity index (χ1v) is 8.30. The van der Waals surface area contributed by atoms with Crippen LogP contribution >= 0.6 is 0 Å². The van der Waals surface area contributed by atoms with Crippen LogP contribution in [0.3, 0.4) is 0 Å². The zero-order valence-electron chi connectivity index (χ0n) is 13.0. The SMILES string of the molecule is C=C1CCC(O)C/C1=C/C=C1\CCCC2(C)C(=O)CCC12. The molecule has 3 atom stereocenters. The first-order valence-electron chi connectivity index (χ1n) is 8.30. The van der Waals surface area contributed by atoms with Crippen LogP contribution in [0.5, 0.6) is 0 Å². The topological polar surface area (TPSA) is 37.3 Å². The second-order valence-corrected chi connectivity index (χ2v) is 7.22.